The third-order valence-corrected chi connectivity index (χ3v) is 1.31. The number of carbonyl (C=O) groups is 2. The Morgan fingerprint density at radius 2 is 2.08 bits per heavy atom. The second-order valence-corrected chi connectivity index (χ2v) is 2.37. The van der Waals surface area contributed by atoms with Crippen LogP contribution in [0, 0.1) is 0 Å². The molecule has 0 bridgehead atoms. The van der Waals surface area contributed by atoms with E-state index in [-0.39, 0.29) is 12.8 Å². The van der Waals surface area contributed by atoms with Crippen molar-refractivity contribution in [2.75, 3.05) is 6.61 Å². The van der Waals surface area contributed by atoms with Crippen LogP contribution in [-0.2, 0) is 14.4 Å². The highest BCUT2D eigenvalue weighted by Gasteiger charge is 2.17. The second kappa shape index (κ2) is 6.38. The lowest BCUT2D eigenvalue weighted by atomic mass is 10.2. The first kappa shape index (κ1) is 11.9. The van der Waals surface area contributed by atoms with Crippen molar-refractivity contribution in [3.63, 3.8) is 0 Å². The normalized spacial score (nSPS) is 12.4. The van der Waals surface area contributed by atoms with E-state index in [2.05, 4.69) is 10.3 Å². The summed E-state index contributed by atoms with van der Waals surface area (Å²) in [4.78, 5) is 25.3. The summed E-state index contributed by atoms with van der Waals surface area (Å²) in [6.07, 6.45) is -0.193. The lowest BCUT2D eigenvalue weighted by Crippen LogP contribution is -2.37. The van der Waals surface area contributed by atoms with E-state index < -0.39 is 18.0 Å². The summed E-state index contributed by atoms with van der Waals surface area (Å²) in [5.41, 5.74) is 2.26. The Morgan fingerprint density at radius 3 is 2.46 bits per heavy atom. The number of hydroxylamine groups is 1. The molecule has 0 heterocycles. The maximum atomic E-state index is 10.5. The molecule has 0 fully saturated rings. The van der Waals surface area contributed by atoms with E-state index in [4.69, 9.17) is 10.2 Å². The molecule has 0 aromatic rings. The Kier molecular flexibility index (Phi) is 5.82. The summed E-state index contributed by atoms with van der Waals surface area (Å²) in [6, 6.07) is -0.962. The van der Waals surface area contributed by atoms with E-state index in [0.717, 1.165) is 0 Å². The number of carboxylic acid groups (broad SMARTS) is 2. The van der Waals surface area contributed by atoms with Gasteiger partial charge < -0.3 is 15.1 Å². The van der Waals surface area contributed by atoms with Crippen molar-refractivity contribution < 1.29 is 24.6 Å². The van der Waals surface area contributed by atoms with Crippen molar-refractivity contribution in [1.82, 2.24) is 5.48 Å². The molecular formula is C7H13NO5. The third kappa shape index (κ3) is 6.06. The molecule has 6 nitrogen and oxygen atoms in total. The molecule has 1 atom stereocenters. The van der Waals surface area contributed by atoms with E-state index in [0.29, 0.717) is 6.61 Å². The van der Waals surface area contributed by atoms with Gasteiger partial charge in [0.05, 0.1) is 6.61 Å². The van der Waals surface area contributed by atoms with Crippen LogP contribution in [0.15, 0.2) is 0 Å². The fraction of sp³-hybridized carbons (Fsp3) is 0.714. The van der Waals surface area contributed by atoms with Crippen molar-refractivity contribution in [3.05, 3.63) is 0 Å². The zero-order chi connectivity index (χ0) is 10.3. The topological polar surface area (TPSA) is 95.9 Å². The molecule has 0 amide bonds. The fourth-order valence-electron chi connectivity index (χ4n) is 0.685. The maximum absolute atomic E-state index is 10.5. The van der Waals surface area contributed by atoms with Crippen LogP contribution in [0.3, 0.4) is 0 Å². The van der Waals surface area contributed by atoms with Crippen LogP contribution in [0.4, 0.5) is 0 Å². The third-order valence-electron chi connectivity index (χ3n) is 1.31. The molecule has 13 heavy (non-hydrogen) atoms. The van der Waals surface area contributed by atoms with Gasteiger partial charge in [-0.05, 0) is 13.3 Å². The molecule has 0 aliphatic heterocycles. The Balaban J connectivity index is 3.80. The molecule has 0 unspecified atom stereocenters. The van der Waals surface area contributed by atoms with Crippen molar-refractivity contribution in [2.24, 2.45) is 0 Å². The van der Waals surface area contributed by atoms with Crippen LogP contribution in [0.5, 0.6) is 0 Å². The lowest BCUT2D eigenvalue weighted by Gasteiger charge is -2.11. The molecule has 3 N–H and O–H groups in total. The van der Waals surface area contributed by atoms with Gasteiger partial charge >= 0.3 is 11.9 Å². The van der Waals surface area contributed by atoms with Gasteiger partial charge in [-0.15, -0.1) is 0 Å². The monoisotopic (exact) mass is 191 g/mol. The quantitative estimate of drug-likeness (QED) is 0.484. The molecule has 0 radical (unpaired) electrons. The predicted molar refractivity (Wildman–Crippen MR) is 43.1 cm³/mol. The molecule has 0 saturated heterocycles. The Hall–Kier alpha value is -1.14. The Bertz CT molecular complexity index is 182. The van der Waals surface area contributed by atoms with Crippen LogP contribution in [0.2, 0.25) is 0 Å². The molecular weight excluding hydrogens is 178 g/mol. The zero-order valence-corrected chi connectivity index (χ0v) is 7.32. The summed E-state index contributed by atoms with van der Waals surface area (Å²) >= 11 is 0. The van der Waals surface area contributed by atoms with Gasteiger partial charge in [0, 0.05) is 6.42 Å². The molecule has 6 heteroatoms. The Labute approximate surface area is 75.5 Å². The van der Waals surface area contributed by atoms with Gasteiger partial charge in [-0.25, -0.2) is 0 Å². The first-order valence-corrected chi connectivity index (χ1v) is 3.89. The fourth-order valence-corrected chi connectivity index (χ4v) is 0.685. The van der Waals surface area contributed by atoms with Gasteiger partial charge in [-0.2, -0.15) is 5.48 Å². The summed E-state index contributed by atoms with van der Waals surface area (Å²) in [7, 11) is 0. The highest BCUT2D eigenvalue weighted by atomic mass is 16.6. The standard InChI is InChI=1S/C7H13NO5/c1-2-13-8-5(7(11)12)3-4-6(9)10/h5,8H,2-4H2,1H3,(H,9,10)(H,11,12)/t5-/m0/s1. The molecule has 0 aromatic carbocycles. The summed E-state index contributed by atoms with van der Waals surface area (Å²) < 4.78 is 0. The van der Waals surface area contributed by atoms with Crippen LogP contribution in [0.1, 0.15) is 19.8 Å². The van der Waals surface area contributed by atoms with E-state index in [1.807, 2.05) is 0 Å². The lowest BCUT2D eigenvalue weighted by molar-refractivity contribution is -0.145. The maximum Gasteiger partial charge on any atom is 0.323 e. The summed E-state index contributed by atoms with van der Waals surface area (Å²) in [6.45, 7) is 2.03. The molecule has 0 aliphatic rings. The second-order valence-electron chi connectivity index (χ2n) is 2.37. The summed E-state index contributed by atoms with van der Waals surface area (Å²) in [5.74, 6) is -2.14. The average molecular weight is 191 g/mol. The number of hydrogen-bond acceptors (Lipinski definition) is 4. The van der Waals surface area contributed by atoms with Crippen LogP contribution >= 0.6 is 0 Å². The highest BCUT2D eigenvalue weighted by molar-refractivity contribution is 5.74. The molecule has 0 rings (SSSR count). The van der Waals surface area contributed by atoms with E-state index in [1.165, 1.54) is 0 Å². The van der Waals surface area contributed by atoms with Gasteiger partial charge in [0.2, 0.25) is 0 Å². The summed E-state index contributed by atoms with van der Waals surface area (Å²) in [5, 5.41) is 16.9. The molecule has 0 spiro atoms. The van der Waals surface area contributed by atoms with Crippen molar-refractivity contribution in [2.45, 2.75) is 25.8 Å². The van der Waals surface area contributed by atoms with Crippen molar-refractivity contribution in [1.29, 1.82) is 0 Å². The van der Waals surface area contributed by atoms with Gasteiger partial charge in [-0.3, -0.25) is 9.59 Å². The molecule has 0 saturated carbocycles. The number of aliphatic carboxylic acids is 2. The van der Waals surface area contributed by atoms with Crippen LogP contribution in [-0.4, -0.2) is 34.8 Å². The van der Waals surface area contributed by atoms with E-state index in [1.54, 1.807) is 6.92 Å². The first-order chi connectivity index (χ1) is 6.07. The molecule has 0 aromatic heterocycles. The van der Waals surface area contributed by atoms with Crippen LogP contribution < -0.4 is 5.48 Å². The zero-order valence-electron chi connectivity index (χ0n) is 7.32. The number of nitrogens with one attached hydrogen (secondary N) is 1. The average Bonchev–Trinajstić information content (AvgIpc) is 2.03. The highest BCUT2D eigenvalue weighted by Crippen LogP contribution is 1.97. The van der Waals surface area contributed by atoms with E-state index in [9.17, 15) is 9.59 Å². The number of carboxylic acids is 2. The minimum Gasteiger partial charge on any atom is -0.481 e. The minimum atomic E-state index is -1.12. The molecule has 0 aliphatic carbocycles. The van der Waals surface area contributed by atoms with Gasteiger partial charge in [0.25, 0.3) is 0 Å². The SMILES string of the molecule is CCON[C@@H](CCC(=O)O)C(=O)O. The van der Waals surface area contributed by atoms with Crippen molar-refractivity contribution >= 4 is 11.9 Å². The van der Waals surface area contributed by atoms with Crippen LogP contribution in [0.25, 0.3) is 0 Å². The van der Waals surface area contributed by atoms with Gasteiger partial charge in [-0.1, -0.05) is 0 Å². The number of rotatable bonds is 7. The largest absolute Gasteiger partial charge is 0.481 e. The minimum absolute atomic E-state index is 0.00463. The van der Waals surface area contributed by atoms with E-state index >= 15 is 0 Å². The molecule has 76 valence electrons. The Morgan fingerprint density at radius 1 is 1.46 bits per heavy atom. The predicted octanol–water partition coefficient (Wildman–Crippen LogP) is -0.154. The van der Waals surface area contributed by atoms with Gasteiger partial charge in [0.15, 0.2) is 0 Å². The van der Waals surface area contributed by atoms with Gasteiger partial charge in [0.1, 0.15) is 6.04 Å². The van der Waals surface area contributed by atoms with Crippen molar-refractivity contribution in [3.8, 4) is 0 Å². The first-order valence-electron chi connectivity index (χ1n) is 3.89. The smallest absolute Gasteiger partial charge is 0.323 e. The number of hydrogen-bond donors (Lipinski definition) is 3.